The molecule has 0 aromatic carbocycles. The van der Waals surface area contributed by atoms with Gasteiger partial charge >= 0.3 is 6.03 Å². The molecular weight excluding hydrogens is 280 g/mol. The molecule has 1 saturated heterocycles. The Morgan fingerprint density at radius 2 is 2.09 bits per heavy atom. The maximum atomic E-state index is 12.3. The molecule has 0 aliphatic carbocycles. The molecule has 22 heavy (non-hydrogen) atoms. The number of anilines is 1. The predicted octanol–water partition coefficient (Wildman–Crippen LogP) is 2.81. The summed E-state index contributed by atoms with van der Waals surface area (Å²) < 4.78 is 5.62. The van der Waals surface area contributed by atoms with E-state index < -0.39 is 0 Å². The van der Waals surface area contributed by atoms with Crippen molar-refractivity contribution in [1.82, 2.24) is 14.9 Å². The Bertz CT molecular complexity index is 494. The fraction of sp³-hybridized carbons (Fsp3) is 0.688. The van der Waals surface area contributed by atoms with E-state index in [9.17, 15) is 4.79 Å². The lowest BCUT2D eigenvalue weighted by molar-refractivity contribution is 0.0181. The summed E-state index contributed by atoms with van der Waals surface area (Å²) in [4.78, 5) is 22.7. The van der Waals surface area contributed by atoms with Crippen LogP contribution in [0.2, 0.25) is 0 Å². The number of hydrogen-bond donors (Lipinski definition) is 1. The monoisotopic (exact) mass is 306 g/mol. The zero-order valence-corrected chi connectivity index (χ0v) is 13.9. The zero-order valence-electron chi connectivity index (χ0n) is 13.9. The highest BCUT2D eigenvalue weighted by molar-refractivity contribution is 5.89. The van der Waals surface area contributed by atoms with E-state index in [4.69, 9.17) is 4.74 Å². The molecule has 122 valence electrons. The van der Waals surface area contributed by atoms with Crippen molar-refractivity contribution in [3.05, 3.63) is 18.2 Å². The third kappa shape index (κ3) is 4.40. The van der Waals surface area contributed by atoms with E-state index in [0.29, 0.717) is 18.8 Å². The maximum absolute atomic E-state index is 12.3. The molecule has 0 unspecified atom stereocenters. The predicted molar refractivity (Wildman–Crippen MR) is 86.0 cm³/mol. The number of carbonyl (C=O) groups excluding carboxylic acids is 1. The van der Waals surface area contributed by atoms with Crippen LogP contribution in [0.3, 0.4) is 0 Å². The third-order valence-corrected chi connectivity index (χ3v) is 3.64. The van der Waals surface area contributed by atoms with Crippen molar-refractivity contribution in [2.24, 2.45) is 0 Å². The molecule has 6 nitrogen and oxygen atoms in total. The fourth-order valence-corrected chi connectivity index (χ4v) is 2.48. The molecule has 0 radical (unpaired) electrons. The van der Waals surface area contributed by atoms with E-state index in [1.165, 1.54) is 0 Å². The molecule has 1 aliphatic heterocycles. The van der Waals surface area contributed by atoms with Gasteiger partial charge in [-0.25, -0.2) is 14.8 Å². The molecule has 2 rings (SSSR count). The van der Waals surface area contributed by atoms with Gasteiger partial charge in [0.25, 0.3) is 0 Å². The summed E-state index contributed by atoms with van der Waals surface area (Å²) >= 11 is 0. The summed E-state index contributed by atoms with van der Waals surface area (Å²) in [6.45, 7) is 10.2. The van der Waals surface area contributed by atoms with E-state index in [-0.39, 0.29) is 17.6 Å². The van der Waals surface area contributed by atoms with Gasteiger partial charge in [-0.15, -0.1) is 0 Å². The SMILES string of the molecule is CCO[C@@H]1CCCN(C(=O)Nc2cnc(C(C)(C)C)nc2)C1. The van der Waals surface area contributed by atoms with Crippen LogP contribution in [-0.4, -0.2) is 46.7 Å². The first-order valence-electron chi connectivity index (χ1n) is 7.90. The second-order valence-corrected chi connectivity index (χ2v) is 6.64. The first-order chi connectivity index (χ1) is 10.4. The number of likely N-dealkylation sites (tertiary alicyclic amines) is 1. The molecule has 1 atom stereocenters. The standard InChI is InChI=1S/C16H26N4O2/c1-5-22-13-7-6-8-20(11-13)15(21)19-12-9-17-14(18-10-12)16(2,3)4/h9-10,13H,5-8,11H2,1-4H3,(H,19,21)/t13-/m1/s1. The second kappa shape index (κ2) is 7.05. The molecular formula is C16H26N4O2. The largest absolute Gasteiger partial charge is 0.377 e. The number of urea groups is 1. The molecule has 6 heteroatoms. The number of piperidine rings is 1. The van der Waals surface area contributed by atoms with Crippen molar-refractivity contribution in [2.75, 3.05) is 25.0 Å². The average molecular weight is 306 g/mol. The number of amides is 2. The molecule has 2 amide bonds. The third-order valence-electron chi connectivity index (χ3n) is 3.64. The van der Waals surface area contributed by atoms with Gasteiger partial charge in [0.05, 0.1) is 24.2 Å². The van der Waals surface area contributed by atoms with Crippen LogP contribution in [0.4, 0.5) is 10.5 Å². The summed E-state index contributed by atoms with van der Waals surface area (Å²) in [6, 6.07) is -0.114. The van der Waals surface area contributed by atoms with Gasteiger partial charge < -0.3 is 15.0 Å². The topological polar surface area (TPSA) is 67.3 Å². The zero-order chi connectivity index (χ0) is 16.2. The van der Waals surface area contributed by atoms with E-state index in [1.54, 1.807) is 17.3 Å². The average Bonchev–Trinajstić information content (AvgIpc) is 2.47. The number of carbonyl (C=O) groups is 1. The van der Waals surface area contributed by atoms with Gasteiger partial charge in [0.15, 0.2) is 0 Å². The second-order valence-electron chi connectivity index (χ2n) is 6.64. The minimum atomic E-state index is -0.114. The Balaban J connectivity index is 1.94. The van der Waals surface area contributed by atoms with Crippen molar-refractivity contribution in [1.29, 1.82) is 0 Å². The van der Waals surface area contributed by atoms with E-state index in [1.807, 2.05) is 6.92 Å². The van der Waals surface area contributed by atoms with Crippen molar-refractivity contribution in [2.45, 2.75) is 52.1 Å². The summed E-state index contributed by atoms with van der Waals surface area (Å²) in [6.07, 6.45) is 5.45. The van der Waals surface area contributed by atoms with Gasteiger partial charge in [-0.05, 0) is 19.8 Å². The van der Waals surface area contributed by atoms with Gasteiger partial charge in [0.1, 0.15) is 5.82 Å². The first kappa shape index (κ1) is 16.7. The molecule has 1 aliphatic rings. The Kier molecular flexibility index (Phi) is 5.34. The molecule has 0 spiro atoms. The van der Waals surface area contributed by atoms with E-state index >= 15 is 0 Å². The highest BCUT2D eigenvalue weighted by atomic mass is 16.5. The molecule has 1 fully saturated rings. The Hall–Kier alpha value is -1.69. The molecule has 0 saturated carbocycles. The Morgan fingerprint density at radius 1 is 1.41 bits per heavy atom. The van der Waals surface area contributed by atoms with Crippen LogP contribution in [0, 0.1) is 0 Å². The van der Waals surface area contributed by atoms with Crippen molar-refractivity contribution < 1.29 is 9.53 Å². The minimum Gasteiger partial charge on any atom is -0.377 e. The Morgan fingerprint density at radius 3 is 2.68 bits per heavy atom. The number of rotatable bonds is 3. The van der Waals surface area contributed by atoms with Crippen LogP contribution >= 0.6 is 0 Å². The first-order valence-corrected chi connectivity index (χ1v) is 7.90. The van der Waals surface area contributed by atoms with Gasteiger partial charge in [0.2, 0.25) is 0 Å². The fourth-order valence-electron chi connectivity index (χ4n) is 2.48. The smallest absolute Gasteiger partial charge is 0.322 e. The number of nitrogens with one attached hydrogen (secondary N) is 1. The van der Waals surface area contributed by atoms with Gasteiger partial charge in [-0.2, -0.15) is 0 Å². The van der Waals surface area contributed by atoms with Crippen molar-refractivity contribution in [3.8, 4) is 0 Å². The molecule has 0 bridgehead atoms. The number of hydrogen-bond acceptors (Lipinski definition) is 4. The quantitative estimate of drug-likeness (QED) is 0.932. The summed E-state index contributed by atoms with van der Waals surface area (Å²) in [5, 5.41) is 2.86. The lowest BCUT2D eigenvalue weighted by atomic mass is 9.96. The summed E-state index contributed by atoms with van der Waals surface area (Å²) in [7, 11) is 0. The van der Waals surface area contributed by atoms with Gasteiger partial charge in [-0.3, -0.25) is 0 Å². The van der Waals surface area contributed by atoms with Gasteiger partial charge in [-0.1, -0.05) is 20.8 Å². The van der Waals surface area contributed by atoms with Crippen molar-refractivity contribution >= 4 is 11.7 Å². The summed E-state index contributed by atoms with van der Waals surface area (Å²) in [5.41, 5.74) is 0.525. The molecule has 1 N–H and O–H groups in total. The van der Waals surface area contributed by atoms with Crippen LogP contribution in [0.5, 0.6) is 0 Å². The van der Waals surface area contributed by atoms with E-state index in [2.05, 4.69) is 36.1 Å². The van der Waals surface area contributed by atoms with Crippen LogP contribution in [0.15, 0.2) is 12.4 Å². The van der Waals surface area contributed by atoms with Crippen LogP contribution < -0.4 is 5.32 Å². The molecule has 1 aromatic rings. The van der Waals surface area contributed by atoms with Crippen LogP contribution in [0.1, 0.15) is 46.4 Å². The maximum Gasteiger partial charge on any atom is 0.322 e. The number of nitrogens with zero attached hydrogens (tertiary/aromatic N) is 3. The molecule has 1 aromatic heterocycles. The highest BCUT2D eigenvalue weighted by Gasteiger charge is 2.24. The van der Waals surface area contributed by atoms with Crippen LogP contribution in [-0.2, 0) is 10.2 Å². The number of aromatic nitrogens is 2. The highest BCUT2D eigenvalue weighted by Crippen LogP contribution is 2.19. The Labute approximate surface area is 132 Å². The normalized spacial score (nSPS) is 19.1. The van der Waals surface area contributed by atoms with E-state index in [0.717, 1.165) is 25.2 Å². The number of ether oxygens (including phenoxy) is 1. The summed E-state index contributed by atoms with van der Waals surface area (Å²) in [5.74, 6) is 0.764. The lowest BCUT2D eigenvalue weighted by Gasteiger charge is -2.32. The minimum absolute atomic E-state index is 0.0971. The molecule has 2 heterocycles. The lowest BCUT2D eigenvalue weighted by Crippen LogP contribution is -2.45. The van der Waals surface area contributed by atoms with Crippen LogP contribution in [0.25, 0.3) is 0 Å². The van der Waals surface area contributed by atoms with Gasteiger partial charge in [0, 0.05) is 25.1 Å². The van der Waals surface area contributed by atoms with Crippen molar-refractivity contribution in [3.63, 3.8) is 0 Å².